The molecule has 8 heteroatoms. The average Bonchev–Trinajstić information content (AvgIpc) is 2.42. The van der Waals surface area contributed by atoms with Crippen LogP contribution in [0.4, 0.5) is 15.9 Å². The van der Waals surface area contributed by atoms with Crippen molar-refractivity contribution in [2.45, 2.75) is 4.90 Å². The van der Waals surface area contributed by atoms with Crippen LogP contribution in [0.1, 0.15) is 0 Å². The predicted molar refractivity (Wildman–Crippen MR) is 78.3 cm³/mol. The van der Waals surface area contributed by atoms with Crippen molar-refractivity contribution in [2.75, 3.05) is 17.1 Å². The molecule has 5 nitrogen and oxygen atoms in total. The molecule has 1 aromatic heterocycles. The minimum atomic E-state index is -4.08. The third-order valence-corrected chi connectivity index (χ3v) is 4.97. The van der Waals surface area contributed by atoms with Crippen molar-refractivity contribution in [3.8, 4) is 0 Å². The zero-order valence-electron chi connectivity index (χ0n) is 10.4. The van der Waals surface area contributed by atoms with E-state index in [0.29, 0.717) is 0 Å². The van der Waals surface area contributed by atoms with Crippen LogP contribution in [0, 0.1) is 5.82 Å². The van der Waals surface area contributed by atoms with E-state index in [1.807, 2.05) is 0 Å². The summed E-state index contributed by atoms with van der Waals surface area (Å²) in [4.78, 5) is 3.42. The number of anilines is 2. The van der Waals surface area contributed by atoms with Gasteiger partial charge in [-0.25, -0.2) is 17.8 Å². The molecular formula is C12H11BrFN3O2S. The van der Waals surface area contributed by atoms with Gasteiger partial charge in [0, 0.05) is 18.9 Å². The van der Waals surface area contributed by atoms with E-state index in [1.54, 1.807) is 12.1 Å². The Bertz CT molecular complexity index is 738. The Kier molecular flexibility index (Phi) is 3.96. The summed E-state index contributed by atoms with van der Waals surface area (Å²) in [5, 5.41) is 0. The summed E-state index contributed by atoms with van der Waals surface area (Å²) in [7, 11) is -2.78. The maximum atomic E-state index is 14.0. The van der Waals surface area contributed by atoms with Crippen LogP contribution in [0.15, 0.2) is 45.9 Å². The molecule has 106 valence electrons. The van der Waals surface area contributed by atoms with E-state index in [4.69, 9.17) is 5.73 Å². The van der Waals surface area contributed by atoms with E-state index < -0.39 is 20.7 Å². The van der Waals surface area contributed by atoms with Gasteiger partial charge in [0.15, 0.2) is 5.82 Å². The maximum Gasteiger partial charge on any atom is 0.268 e. The van der Waals surface area contributed by atoms with E-state index in [-0.39, 0.29) is 16.0 Å². The van der Waals surface area contributed by atoms with Crippen LogP contribution in [-0.4, -0.2) is 20.4 Å². The zero-order chi connectivity index (χ0) is 14.9. The third kappa shape index (κ3) is 2.61. The summed E-state index contributed by atoms with van der Waals surface area (Å²) in [6.07, 6.45) is 1.45. The third-order valence-electron chi connectivity index (χ3n) is 2.63. The second-order valence-corrected chi connectivity index (χ2v) is 6.77. The summed E-state index contributed by atoms with van der Waals surface area (Å²) < 4.78 is 39.8. The highest BCUT2D eigenvalue weighted by molar-refractivity contribution is 9.10. The lowest BCUT2D eigenvalue weighted by molar-refractivity contribution is 0.562. The second-order valence-electron chi connectivity index (χ2n) is 3.98. The molecule has 0 bridgehead atoms. The molecule has 20 heavy (non-hydrogen) atoms. The van der Waals surface area contributed by atoms with Crippen molar-refractivity contribution < 1.29 is 12.8 Å². The van der Waals surface area contributed by atoms with Gasteiger partial charge in [-0.2, -0.15) is 0 Å². The lowest BCUT2D eigenvalue weighted by Gasteiger charge is -2.19. The number of rotatable bonds is 3. The quantitative estimate of drug-likeness (QED) is 0.853. The number of nitrogens with zero attached hydrogens (tertiary/aromatic N) is 2. The van der Waals surface area contributed by atoms with Crippen molar-refractivity contribution in [1.82, 2.24) is 4.98 Å². The number of hydrogen-bond acceptors (Lipinski definition) is 4. The molecule has 2 rings (SSSR count). The van der Waals surface area contributed by atoms with Crippen molar-refractivity contribution in [1.29, 1.82) is 0 Å². The minimum absolute atomic E-state index is 0.00880. The van der Waals surface area contributed by atoms with Crippen LogP contribution in [0.2, 0.25) is 0 Å². The smallest absolute Gasteiger partial charge is 0.268 e. The molecule has 1 heterocycles. The Morgan fingerprint density at radius 1 is 1.35 bits per heavy atom. The Hall–Kier alpha value is -1.67. The van der Waals surface area contributed by atoms with Gasteiger partial charge in [-0.15, -0.1) is 0 Å². The van der Waals surface area contributed by atoms with Crippen LogP contribution in [0.3, 0.4) is 0 Å². The van der Waals surface area contributed by atoms with Crippen molar-refractivity contribution in [3.63, 3.8) is 0 Å². The van der Waals surface area contributed by atoms with Gasteiger partial charge in [0.25, 0.3) is 10.0 Å². The number of hydrogen-bond donors (Lipinski definition) is 1. The molecule has 0 aliphatic heterocycles. The van der Waals surface area contributed by atoms with Crippen LogP contribution < -0.4 is 10.0 Å². The molecule has 0 fully saturated rings. The number of aromatic nitrogens is 1. The van der Waals surface area contributed by atoms with Crippen LogP contribution in [0.25, 0.3) is 0 Å². The fraction of sp³-hybridized carbons (Fsp3) is 0.0833. The molecule has 0 atom stereocenters. The highest BCUT2D eigenvalue weighted by Crippen LogP contribution is 2.29. The SMILES string of the molecule is CN(c1ccccn1)S(=O)(=O)c1cc(N)cc(Br)c1F. The normalized spacial score (nSPS) is 11.3. The van der Waals surface area contributed by atoms with Crippen molar-refractivity contribution >= 4 is 37.5 Å². The van der Waals surface area contributed by atoms with Crippen molar-refractivity contribution in [2.24, 2.45) is 0 Å². The maximum absolute atomic E-state index is 14.0. The first kappa shape index (κ1) is 14.7. The number of sulfonamides is 1. The van der Waals surface area contributed by atoms with Gasteiger partial charge >= 0.3 is 0 Å². The van der Waals surface area contributed by atoms with Gasteiger partial charge < -0.3 is 5.73 Å². The zero-order valence-corrected chi connectivity index (χ0v) is 12.8. The van der Waals surface area contributed by atoms with Gasteiger partial charge in [0.05, 0.1) is 4.47 Å². The lowest BCUT2D eigenvalue weighted by atomic mass is 10.3. The molecule has 0 amide bonds. The molecule has 0 saturated carbocycles. The van der Waals surface area contributed by atoms with E-state index in [1.165, 1.54) is 25.4 Å². The van der Waals surface area contributed by atoms with Gasteiger partial charge in [-0.05, 0) is 40.2 Å². The average molecular weight is 360 g/mol. The highest BCUT2D eigenvalue weighted by atomic mass is 79.9. The molecular weight excluding hydrogens is 349 g/mol. The molecule has 0 spiro atoms. The van der Waals surface area contributed by atoms with E-state index in [2.05, 4.69) is 20.9 Å². The molecule has 0 aliphatic carbocycles. The van der Waals surface area contributed by atoms with E-state index in [0.717, 1.165) is 10.4 Å². The highest BCUT2D eigenvalue weighted by Gasteiger charge is 2.27. The predicted octanol–water partition coefficient (Wildman–Crippen LogP) is 2.39. The summed E-state index contributed by atoms with van der Waals surface area (Å²) in [5.74, 6) is -0.701. The van der Waals surface area contributed by atoms with Gasteiger partial charge in [-0.1, -0.05) is 6.07 Å². The first-order chi connectivity index (χ1) is 9.34. The fourth-order valence-electron chi connectivity index (χ4n) is 1.58. The Morgan fingerprint density at radius 2 is 2.05 bits per heavy atom. The largest absolute Gasteiger partial charge is 0.399 e. The van der Waals surface area contributed by atoms with Gasteiger partial charge in [0.2, 0.25) is 0 Å². The first-order valence-electron chi connectivity index (χ1n) is 5.48. The monoisotopic (exact) mass is 359 g/mol. The minimum Gasteiger partial charge on any atom is -0.399 e. The number of halogens is 2. The van der Waals surface area contributed by atoms with Crippen LogP contribution in [-0.2, 0) is 10.0 Å². The Balaban J connectivity index is 2.57. The van der Waals surface area contributed by atoms with Crippen LogP contribution >= 0.6 is 15.9 Å². The molecule has 0 aliphatic rings. The number of nitrogens with two attached hydrogens (primary N) is 1. The number of nitrogen functional groups attached to an aromatic ring is 1. The second kappa shape index (κ2) is 5.37. The summed E-state index contributed by atoms with van der Waals surface area (Å²) in [6, 6.07) is 7.18. The Morgan fingerprint density at radius 3 is 2.65 bits per heavy atom. The molecule has 2 aromatic rings. The molecule has 1 aromatic carbocycles. The number of pyridine rings is 1. The fourth-order valence-corrected chi connectivity index (χ4v) is 3.46. The summed E-state index contributed by atoms with van der Waals surface area (Å²) in [5.41, 5.74) is 5.71. The number of benzene rings is 1. The summed E-state index contributed by atoms with van der Waals surface area (Å²) in [6.45, 7) is 0. The van der Waals surface area contributed by atoms with E-state index in [9.17, 15) is 12.8 Å². The molecule has 0 unspecified atom stereocenters. The van der Waals surface area contributed by atoms with Gasteiger partial charge in [-0.3, -0.25) is 4.31 Å². The topological polar surface area (TPSA) is 76.3 Å². The first-order valence-corrected chi connectivity index (χ1v) is 7.72. The standard InChI is InChI=1S/C12H11BrFN3O2S/c1-17(11-4-2-3-5-16-11)20(18,19)10-7-8(15)6-9(13)12(10)14/h2-7H,15H2,1H3. The van der Waals surface area contributed by atoms with Gasteiger partial charge in [0.1, 0.15) is 10.7 Å². The molecule has 0 saturated heterocycles. The van der Waals surface area contributed by atoms with E-state index >= 15 is 0 Å². The molecule has 0 radical (unpaired) electrons. The van der Waals surface area contributed by atoms with Crippen molar-refractivity contribution in [3.05, 3.63) is 46.8 Å². The molecule has 2 N–H and O–H groups in total. The summed E-state index contributed by atoms with van der Waals surface area (Å²) >= 11 is 2.94. The van der Waals surface area contributed by atoms with Crippen LogP contribution in [0.5, 0.6) is 0 Å². The lowest BCUT2D eigenvalue weighted by Crippen LogP contribution is -2.28. The Labute approximate surface area is 124 Å².